The molecule has 3 rings (SSSR count). The van der Waals surface area contributed by atoms with E-state index in [1.807, 2.05) is 62.4 Å². The molecule has 0 fully saturated rings. The number of rotatable bonds is 3. The summed E-state index contributed by atoms with van der Waals surface area (Å²) in [5, 5.41) is 0.821. The topological polar surface area (TPSA) is 39.2 Å². The zero-order valence-corrected chi connectivity index (χ0v) is 12.7. The minimum Gasteiger partial charge on any atom is -0.457 e. The first-order chi connectivity index (χ1) is 10.6. The second kappa shape index (κ2) is 5.98. The first kappa shape index (κ1) is 14.3. The number of carbonyl (C=O) groups is 1. The summed E-state index contributed by atoms with van der Waals surface area (Å²) >= 11 is 0. The molecule has 0 amide bonds. The van der Waals surface area contributed by atoms with Crippen molar-refractivity contribution in [2.24, 2.45) is 0 Å². The number of benzene rings is 2. The molecule has 0 aliphatic carbocycles. The van der Waals surface area contributed by atoms with Crippen molar-refractivity contribution in [1.82, 2.24) is 4.98 Å². The van der Waals surface area contributed by atoms with Crippen LogP contribution in [0.2, 0.25) is 0 Å². The molecule has 3 aromatic rings. The Kier molecular flexibility index (Phi) is 3.88. The summed E-state index contributed by atoms with van der Waals surface area (Å²) in [6.07, 6.45) is 0. The van der Waals surface area contributed by atoms with Crippen LogP contribution in [-0.4, -0.2) is 11.0 Å². The fraction of sp³-hybridized carbons (Fsp3) is 0.158. The summed E-state index contributed by atoms with van der Waals surface area (Å²) in [4.78, 5) is 16.8. The third-order valence-electron chi connectivity index (χ3n) is 3.55. The van der Waals surface area contributed by atoms with Crippen LogP contribution in [0.3, 0.4) is 0 Å². The Bertz CT molecular complexity index is 822. The quantitative estimate of drug-likeness (QED) is 0.679. The van der Waals surface area contributed by atoms with Gasteiger partial charge in [0.25, 0.3) is 0 Å². The first-order valence-corrected chi connectivity index (χ1v) is 7.22. The Balaban J connectivity index is 1.84. The minimum absolute atomic E-state index is 0.273. The molecule has 0 bridgehead atoms. The number of esters is 1. The number of aryl methyl sites for hydroxylation is 2. The van der Waals surface area contributed by atoms with Gasteiger partial charge in [0.2, 0.25) is 0 Å². The highest BCUT2D eigenvalue weighted by atomic mass is 16.5. The molecule has 0 radical (unpaired) electrons. The number of ether oxygens (including phenoxy) is 1. The average Bonchev–Trinajstić information content (AvgIpc) is 2.53. The number of pyridine rings is 1. The molecule has 2 aromatic carbocycles. The monoisotopic (exact) mass is 291 g/mol. The van der Waals surface area contributed by atoms with Crippen LogP contribution < -0.4 is 0 Å². The maximum absolute atomic E-state index is 12.4. The predicted molar refractivity (Wildman–Crippen MR) is 86.8 cm³/mol. The molecule has 1 aromatic heterocycles. The molecule has 0 saturated heterocycles. The van der Waals surface area contributed by atoms with Gasteiger partial charge in [-0.15, -0.1) is 0 Å². The maximum atomic E-state index is 12.4. The predicted octanol–water partition coefficient (Wildman–Crippen LogP) is 4.21. The van der Waals surface area contributed by atoms with E-state index in [2.05, 4.69) is 4.98 Å². The molecule has 3 nitrogen and oxygen atoms in total. The maximum Gasteiger partial charge on any atom is 0.339 e. The van der Waals surface area contributed by atoms with Crippen molar-refractivity contribution in [3.63, 3.8) is 0 Å². The van der Waals surface area contributed by atoms with Crippen molar-refractivity contribution in [2.75, 3.05) is 0 Å². The molecule has 0 unspecified atom stereocenters. The van der Waals surface area contributed by atoms with Crippen molar-refractivity contribution in [1.29, 1.82) is 0 Å². The minimum atomic E-state index is -0.317. The molecule has 0 N–H and O–H groups in total. The number of nitrogens with zero attached hydrogens (tertiary/aromatic N) is 1. The van der Waals surface area contributed by atoms with Crippen molar-refractivity contribution in [3.8, 4) is 0 Å². The van der Waals surface area contributed by atoms with Crippen LogP contribution in [0.25, 0.3) is 10.9 Å². The molecule has 0 aliphatic heterocycles. The highest BCUT2D eigenvalue weighted by Gasteiger charge is 2.13. The molecule has 3 heteroatoms. The number of fused-ring (bicyclic) bond motifs is 1. The van der Waals surface area contributed by atoms with Gasteiger partial charge in [0.1, 0.15) is 6.61 Å². The van der Waals surface area contributed by atoms with E-state index < -0.39 is 0 Å². The Hall–Kier alpha value is -2.68. The molecule has 0 spiro atoms. The van der Waals surface area contributed by atoms with Crippen molar-refractivity contribution in [2.45, 2.75) is 20.5 Å². The lowest BCUT2D eigenvalue weighted by molar-refractivity contribution is 0.0475. The summed E-state index contributed by atoms with van der Waals surface area (Å²) in [5.74, 6) is -0.317. The molecule has 1 heterocycles. The van der Waals surface area contributed by atoms with Gasteiger partial charge in [-0.1, -0.05) is 48.0 Å². The second-order valence-electron chi connectivity index (χ2n) is 5.39. The molecular weight excluding hydrogens is 274 g/mol. The molecule has 0 aliphatic rings. The van der Waals surface area contributed by atoms with E-state index in [4.69, 9.17) is 4.74 Å². The lowest BCUT2D eigenvalue weighted by Gasteiger charge is -2.09. The van der Waals surface area contributed by atoms with Gasteiger partial charge in [-0.05, 0) is 31.5 Å². The Morgan fingerprint density at radius 3 is 2.55 bits per heavy atom. The summed E-state index contributed by atoms with van der Waals surface area (Å²) in [6.45, 7) is 4.18. The number of carbonyl (C=O) groups excluding carboxylic acids is 1. The lowest BCUT2D eigenvalue weighted by Crippen LogP contribution is -2.07. The van der Waals surface area contributed by atoms with E-state index in [0.29, 0.717) is 5.56 Å². The molecule has 22 heavy (non-hydrogen) atoms. The first-order valence-electron chi connectivity index (χ1n) is 7.22. The van der Waals surface area contributed by atoms with E-state index >= 15 is 0 Å². The molecule has 0 atom stereocenters. The summed E-state index contributed by atoms with van der Waals surface area (Å²) in [5.41, 5.74) is 4.35. The van der Waals surface area contributed by atoms with Gasteiger partial charge in [0, 0.05) is 11.1 Å². The van der Waals surface area contributed by atoms with E-state index in [1.165, 1.54) is 5.56 Å². The van der Waals surface area contributed by atoms with E-state index in [9.17, 15) is 4.79 Å². The van der Waals surface area contributed by atoms with Gasteiger partial charge in [-0.25, -0.2) is 4.79 Å². The van der Waals surface area contributed by atoms with E-state index in [-0.39, 0.29) is 12.6 Å². The summed E-state index contributed by atoms with van der Waals surface area (Å²) in [6, 6.07) is 17.3. The standard InChI is InChI=1S/C19H17NO2/c1-13-7-9-15(10-8-13)12-22-19(21)17-11-14(2)20-18-6-4-3-5-16(17)18/h3-11H,12H2,1-2H3. The van der Waals surface area contributed by atoms with Gasteiger partial charge in [0.15, 0.2) is 0 Å². The van der Waals surface area contributed by atoms with Crippen LogP contribution >= 0.6 is 0 Å². The van der Waals surface area contributed by atoms with Crippen LogP contribution in [0, 0.1) is 13.8 Å². The number of hydrogen-bond acceptors (Lipinski definition) is 3. The molecule has 110 valence electrons. The summed E-state index contributed by atoms with van der Waals surface area (Å²) < 4.78 is 5.45. The van der Waals surface area contributed by atoms with Crippen molar-refractivity contribution >= 4 is 16.9 Å². The third kappa shape index (κ3) is 2.98. The Labute approximate surface area is 129 Å². The lowest BCUT2D eigenvalue weighted by atomic mass is 10.1. The van der Waals surface area contributed by atoms with Crippen LogP contribution in [0.4, 0.5) is 0 Å². The number of aromatic nitrogens is 1. The van der Waals surface area contributed by atoms with Gasteiger partial charge in [0.05, 0.1) is 11.1 Å². The fourth-order valence-corrected chi connectivity index (χ4v) is 2.39. The smallest absolute Gasteiger partial charge is 0.339 e. The average molecular weight is 291 g/mol. The van der Waals surface area contributed by atoms with E-state index in [0.717, 1.165) is 22.2 Å². The van der Waals surface area contributed by atoms with Gasteiger partial charge in [-0.2, -0.15) is 0 Å². The molecule has 0 saturated carbocycles. The number of hydrogen-bond donors (Lipinski definition) is 0. The fourth-order valence-electron chi connectivity index (χ4n) is 2.39. The normalized spacial score (nSPS) is 10.6. The van der Waals surface area contributed by atoms with Crippen molar-refractivity contribution < 1.29 is 9.53 Å². The zero-order valence-electron chi connectivity index (χ0n) is 12.7. The van der Waals surface area contributed by atoms with Gasteiger partial charge >= 0.3 is 5.97 Å². The largest absolute Gasteiger partial charge is 0.457 e. The van der Waals surface area contributed by atoms with Gasteiger partial charge in [-0.3, -0.25) is 4.98 Å². The number of para-hydroxylation sites is 1. The van der Waals surface area contributed by atoms with E-state index in [1.54, 1.807) is 6.07 Å². The van der Waals surface area contributed by atoms with Crippen LogP contribution in [0.1, 0.15) is 27.2 Å². The highest BCUT2D eigenvalue weighted by molar-refractivity contribution is 6.03. The Morgan fingerprint density at radius 1 is 1.05 bits per heavy atom. The second-order valence-corrected chi connectivity index (χ2v) is 5.39. The SMILES string of the molecule is Cc1ccc(COC(=O)c2cc(C)nc3ccccc23)cc1. The van der Waals surface area contributed by atoms with Crippen molar-refractivity contribution in [3.05, 3.63) is 77.0 Å². The summed E-state index contributed by atoms with van der Waals surface area (Å²) in [7, 11) is 0. The van der Waals surface area contributed by atoms with Gasteiger partial charge < -0.3 is 4.74 Å². The zero-order chi connectivity index (χ0) is 15.5. The van der Waals surface area contributed by atoms with Crippen LogP contribution in [0.15, 0.2) is 54.6 Å². The Morgan fingerprint density at radius 2 is 1.77 bits per heavy atom. The molecular formula is C19H17NO2. The third-order valence-corrected chi connectivity index (χ3v) is 3.55. The van der Waals surface area contributed by atoms with Crippen LogP contribution in [0.5, 0.6) is 0 Å². The van der Waals surface area contributed by atoms with Crippen LogP contribution in [-0.2, 0) is 11.3 Å². The highest BCUT2D eigenvalue weighted by Crippen LogP contribution is 2.19.